The monoisotopic (exact) mass is 337 g/mol. The van der Waals surface area contributed by atoms with E-state index in [9.17, 15) is 4.79 Å². The van der Waals surface area contributed by atoms with Crippen molar-refractivity contribution in [3.63, 3.8) is 0 Å². The van der Waals surface area contributed by atoms with E-state index in [-0.39, 0.29) is 17.5 Å². The number of hydrogen-bond acceptors (Lipinski definition) is 6. The van der Waals surface area contributed by atoms with E-state index in [1.165, 1.54) is 11.8 Å². The summed E-state index contributed by atoms with van der Waals surface area (Å²) in [6.07, 6.45) is 1.51. The number of anilines is 3. The zero-order valence-corrected chi connectivity index (χ0v) is 14.3. The van der Waals surface area contributed by atoms with Crippen molar-refractivity contribution >= 4 is 23.4 Å². The molecular formula is C18H19N5O2. The topological polar surface area (TPSA) is 92.9 Å². The second-order valence-corrected chi connectivity index (χ2v) is 5.94. The van der Waals surface area contributed by atoms with Crippen LogP contribution in [0.1, 0.15) is 41.6 Å². The summed E-state index contributed by atoms with van der Waals surface area (Å²) in [5.74, 6) is 1.57. The Morgan fingerprint density at radius 3 is 2.56 bits per heavy atom. The van der Waals surface area contributed by atoms with Crippen molar-refractivity contribution < 1.29 is 9.32 Å². The average molecular weight is 337 g/mol. The quantitative estimate of drug-likeness (QED) is 0.733. The van der Waals surface area contributed by atoms with Crippen LogP contribution in [0.2, 0.25) is 0 Å². The van der Waals surface area contributed by atoms with Crippen LogP contribution in [0.5, 0.6) is 0 Å². The molecule has 0 radical (unpaired) electrons. The van der Waals surface area contributed by atoms with E-state index < -0.39 is 0 Å². The minimum Gasteiger partial charge on any atom is -0.360 e. The zero-order valence-electron chi connectivity index (χ0n) is 14.3. The fraction of sp³-hybridized carbons (Fsp3) is 0.222. The molecule has 0 saturated carbocycles. The molecule has 2 N–H and O–H groups in total. The van der Waals surface area contributed by atoms with E-state index in [2.05, 4.69) is 39.6 Å². The number of nitrogens with zero attached hydrogens (tertiary/aromatic N) is 3. The second-order valence-electron chi connectivity index (χ2n) is 5.94. The Morgan fingerprint density at radius 2 is 1.92 bits per heavy atom. The minimum atomic E-state index is -0.306. The zero-order chi connectivity index (χ0) is 17.8. The summed E-state index contributed by atoms with van der Waals surface area (Å²) < 4.78 is 4.97. The molecule has 0 atom stereocenters. The molecule has 7 nitrogen and oxygen atoms in total. The third kappa shape index (κ3) is 4.20. The van der Waals surface area contributed by atoms with Crippen LogP contribution < -0.4 is 10.6 Å². The van der Waals surface area contributed by atoms with Gasteiger partial charge >= 0.3 is 0 Å². The first-order valence-corrected chi connectivity index (χ1v) is 7.96. The van der Waals surface area contributed by atoms with Crippen LogP contribution in [0.4, 0.5) is 17.5 Å². The number of amides is 1. The summed E-state index contributed by atoms with van der Waals surface area (Å²) in [6, 6.07) is 11.0. The lowest BCUT2D eigenvalue weighted by Crippen LogP contribution is -2.14. The number of rotatable bonds is 5. The van der Waals surface area contributed by atoms with Crippen LogP contribution in [0.3, 0.4) is 0 Å². The number of carbonyl (C=O) groups is 1. The third-order valence-corrected chi connectivity index (χ3v) is 3.59. The number of carbonyl (C=O) groups excluding carboxylic acids is 1. The van der Waals surface area contributed by atoms with E-state index in [1.807, 2.05) is 24.3 Å². The Labute approximate surface area is 145 Å². The van der Waals surface area contributed by atoms with Gasteiger partial charge in [-0.05, 0) is 36.6 Å². The second kappa shape index (κ2) is 7.12. The fourth-order valence-corrected chi connectivity index (χ4v) is 2.23. The van der Waals surface area contributed by atoms with E-state index >= 15 is 0 Å². The molecule has 0 saturated heterocycles. The molecule has 2 aromatic heterocycles. The normalized spacial score (nSPS) is 10.7. The Morgan fingerprint density at radius 1 is 1.16 bits per heavy atom. The number of aromatic nitrogens is 3. The molecule has 0 aliphatic carbocycles. The number of benzene rings is 1. The summed E-state index contributed by atoms with van der Waals surface area (Å²) >= 11 is 0. The molecule has 3 aromatic rings. The van der Waals surface area contributed by atoms with E-state index in [4.69, 9.17) is 4.52 Å². The van der Waals surface area contributed by atoms with Crippen LogP contribution in [0, 0.1) is 6.92 Å². The predicted octanol–water partition coefficient (Wildman–Crippen LogP) is 3.89. The predicted molar refractivity (Wildman–Crippen MR) is 95.0 cm³/mol. The summed E-state index contributed by atoms with van der Waals surface area (Å²) in [6.45, 7) is 6.03. The molecule has 0 aliphatic rings. The number of nitrogens with one attached hydrogen (secondary N) is 2. The summed E-state index contributed by atoms with van der Waals surface area (Å²) in [7, 11) is 0. The van der Waals surface area contributed by atoms with E-state index in [1.54, 1.807) is 19.1 Å². The Hall–Kier alpha value is -3.22. The summed E-state index contributed by atoms with van der Waals surface area (Å²) in [5.41, 5.74) is 2.19. The summed E-state index contributed by atoms with van der Waals surface area (Å²) in [4.78, 5) is 20.7. The highest BCUT2D eigenvalue weighted by Crippen LogP contribution is 2.18. The summed E-state index contributed by atoms with van der Waals surface area (Å²) in [5, 5.41) is 9.53. The average Bonchev–Trinajstić information content (AvgIpc) is 3.00. The Bertz CT molecular complexity index is 871. The van der Waals surface area contributed by atoms with Gasteiger partial charge in [-0.1, -0.05) is 31.1 Å². The van der Waals surface area contributed by atoms with Crippen LogP contribution in [-0.4, -0.2) is 21.0 Å². The SMILES string of the molecule is Cc1cc(Nc2nccc(C(=O)Nc3ccc(C(C)C)cc3)n2)no1. The van der Waals surface area contributed by atoms with Gasteiger partial charge in [0, 0.05) is 18.0 Å². The Kier molecular flexibility index (Phi) is 4.74. The first-order valence-electron chi connectivity index (χ1n) is 7.96. The van der Waals surface area contributed by atoms with Crippen molar-refractivity contribution in [3.05, 3.63) is 59.6 Å². The van der Waals surface area contributed by atoms with Crippen LogP contribution >= 0.6 is 0 Å². The maximum Gasteiger partial charge on any atom is 0.274 e. The molecule has 128 valence electrons. The third-order valence-electron chi connectivity index (χ3n) is 3.59. The van der Waals surface area contributed by atoms with Crippen LogP contribution in [-0.2, 0) is 0 Å². The molecule has 0 unspecified atom stereocenters. The minimum absolute atomic E-state index is 0.255. The first-order chi connectivity index (χ1) is 12.0. The van der Waals surface area contributed by atoms with Crippen molar-refractivity contribution in [3.8, 4) is 0 Å². The van der Waals surface area contributed by atoms with Crippen molar-refractivity contribution in [2.45, 2.75) is 26.7 Å². The molecule has 2 heterocycles. The molecule has 0 spiro atoms. The fourth-order valence-electron chi connectivity index (χ4n) is 2.23. The van der Waals surface area contributed by atoms with Gasteiger partial charge in [0.2, 0.25) is 5.95 Å². The lowest BCUT2D eigenvalue weighted by molar-refractivity contribution is 0.102. The highest BCUT2D eigenvalue weighted by Gasteiger charge is 2.11. The first kappa shape index (κ1) is 16.6. The van der Waals surface area contributed by atoms with Gasteiger partial charge in [-0.3, -0.25) is 4.79 Å². The molecule has 25 heavy (non-hydrogen) atoms. The maximum atomic E-state index is 12.4. The molecule has 3 rings (SSSR count). The lowest BCUT2D eigenvalue weighted by Gasteiger charge is -2.08. The molecule has 0 fully saturated rings. The highest BCUT2D eigenvalue weighted by molar-refractivity contribution is 6.03. The molecule has 0 bridgehead atoms. The van der Waals surface area contributed by atoms with Crippen molar-refractivity contribution in [1.29, 1.82) is 0 Å². The van der Waals surface area contributed by atoms with Gasteiger partial charge in [0.15, 0.2) is 5.82 Å². The molecule has 1 amide bonds. The van der Waals surface area contributed by atoms with E-state index in [0.717, 1.165) is 5.69 Å². The van der Waals surface area contributed by atoms with Gasteiger partial charge in [-0.15, -0.1) is 0 Å². The lowest BCUT2D eigenvalue weighted by atomic mass is 10.0. The van der Waals surface area contributed by atoms with E-state index in [0.29, 0.717) is 17.5 Å². The smallest absolute Gasteiger partial charge is 0.274 e. The van der Waals surface area contributed by atoms with Crippen LogP contribution in [0.25, 0.3) is 0 Å². The van der Waals surface area contributed by atoms with Gasteiger partial charge in [0.1, 0.15) is 11.5 Å². The van der Waals surface area contributed by atoms with Gasteiger partial charge in [0.25, 0.3) is 5.91 Å². The number of hydrogen-bond donors (Lipinski definition) is 2. The van der Waals surface area contributed by atoms with Crippen molar-refractivity contribution in [1.82, 2.24) is 15.1 Å². The van der Waals surface area contributed by atoms with Crippen molar-refractivity contribution in [2.75, 3.05) is 10.6 Å². The largest absolute Gasteiger partial charge is 0.360 e. The maximum absolute atomic E-state index is 12.4. The van der Waals surface area contributed by atoms with Gasteiger partial charge in [-0.2, -0.15) is 0 Å². The van der Waals surface area contributed by atoms with Crippen molar-refractivity contribution in [2.24, 2.45) is 0 Å². The molecule has 0 aliphatic heterocycles. The number of aryl methyl sites for hydroxylation is 1. The molecule has 1 aromatic carbocycles. The van der Waals surface area contributed by atoms with Gasteiger partial charge < -0.3 is 15.2 Å². The molecule has 7 heteroatoms. The molecular weight excluding hydrogens is 318 g/mol. The van der Waals surface area contributed by atoms with Crippen LogP contribution in [0.15, 0.2) is 47.1 Å². The standard InChI is InChI=1S/C18H19N5O2/c1-11(2)13-4-6-14(7-5-13)20-17(24)15-8-9-19-18(21-15)22-16-10-12(3)25-23-16/h4-11H,1-3H3,(H,20,24)(H,19,21,22,23). The Balaban J connectivity index is 1.70. The highest BCUT2D eigenvalue weighted by atomic mass is 16.5. The van der Waals surface area contributed by atoms with Gasteiger partial charge in [0.05, 0.1) is 0 Å². The van der Waals surface area contributed by atoms with Gasteiger partial charge in [-0.25, -0.2) is 9.97 Å².